The van der Waals surface area contributed by atoms with Gasteiger partial charge in [-0.25, -0.2) is 0 Å². The van der Waals surface area contributed by atoms with E-state index in [2.05, 4.69) is 5.10 Å². The molecule has 2 nitrogen and oxygen atoms in total. The molecule has 0 aliphatic rings. The quantitative estimate of drug-likeness (QED) is 0.878. The highest BCUT2D eigenvalue weighted by molar-refractivity contribution is 6.30. The van der Waals surface area contributed by atoms with Crippen LogP contribution in [0.1, 0.15) is 16.8 Å². The SMILES string of the molecule is FC(F)(F)c1[nH]nc(Cl)c1Cc1cccc(Cl)c1. The van der Waals surface area contributed by atoms with Gasteiger partial charge in [0.1, 0.15) is 5.69 Å². The smallest absolute Gasteiger partial charge is 0.272 e. The van der Waals surface area contributed by atoms with E-state index in [0.717, 1.165) is 0 Å². The molecule has 1 N–H and O–H groups in total. The molecule has 2 aromatic rings. The summed E-state index contributed by atoms with van der Waals surface area (Å²) in [5, 5.41) is 5.58. The Hall–Kier alpha value is -1.20. The van der Waals surface area contributed by atoms with Gasteiger partial charge in [0.05, 0.1) is 0 Å². The molecule has 0 atom stereocenters. The molecule has 0 aliphatic carbocycles. The van der Waals surface area contributed by atoms with Crippen LogP contribution in [-0.2, 0) is 12.6 Å². The third-order valence-electron chi connectivity index (χ3n) is 2.37. The van der Waals surface area contributed by atoms with E-state index in [-0.39, 0.29) is 17.1 Å². The van der Waals surface area contributed by atoms with E-state index in [4.69, 9.17) is 23.2 Å². The molecule has 0 saturated carbocycles. The average molecular weight is 295 g/mol. The van der Waals surface area contributed by atoms with Crippen molar-refractivity contribution < 1.29 is 13.2 Å². The fraction of sp³-hybridized carbons (Fsp3) is 0.182. The van der Waals surface area contributed by atoms with E-state index < -0.39 is 11.9 Å². The van der Waals surface area contributed by atoms with Crippen molar-refractivity contribution in [2.45, 2.75) is 12.6 Å². The summed E-state index contributed by atoms with van der Waals surface area (Å²) in [6, 6.07) is 6.58. The second kappa shape index (κ2) is 4.82. The molecule has 1 heterocycles. The first-order valence-corrected chi connectivity index (χ1v) is 5.68. The topological polar surface area (TPSA) is 28.7 Å². The molecule has 18 heavy (non-hydrogen) atoms. The number of hydrogen-bond acceptors (Lipinski definition) is 1. The van der Waals surface area contributed by atoms with Gasteiger partial charge in [-0.15, -0.1) is 0 Å². The van der Waals surface area contributed by atoms with Crippen molar-refractivity contribution in [3.63, 3.8) is 0 Å². The lowest BCUT2D eigenvalue weighted by molar-refractivity contribution is -0.141. The van der Waals surface area contributed by atoms with Gasteiger partial charge in [-0.05, 0) is 17.7 Å². The molecule has 0 spiro atoms. The zero-order valence-corrected chi connectivity index (χ0v) is 10.4. The Balaban J connectivity index is 2.37. The molecule has 0 unspecified atom stereocenters. The van der Waals surface area contributed by atoms with Crippen molar-refractivity contribution in [1.29, 1.82) is 0 Å². The number of nitrogens with zero attached hydrogens (tertiary/aromatic N) is 1. The number of H-pyrrole nitrogens is 1. The van der Waals surface area contributed by atoms with Crippen molar-refractivity contribution in [2.75, 3.05) is 0 Å². The lowest BCUT2D eigenvalue weighted by Gasteiger charge is -2.07. The van der Waals surface area contributed by atoms with Crippen molar-refractivity contribution >= 4 is 23.2 Å². The van der Waals surface area contributed by atoms with Crippen LogP contribution >= 0.6 is 23.2 Å². The number of hydrogen-bond donors (Lipinski definition) is 1. The molecule has 0 fully saturated rings. The second-order valence-electron chi connectivity index (χ2n) is 3.67. The number of rotatable bonds is 2. The van der Waals surface area contributed by atoms with Crippen LogP contribution < -0.4 is 0 Å². The number of alkyl halides is 3. The molecular formula is C11H7Cl2F3N2. The molecule has 0 saturated heterocycles. The first-order valence-electron chi connectivity index (χ1n) is 4.92. The van der Waals surface area contributed by atoms with Gasteiger partial charge >= 0.3 is 6.18 Å². The van der Waals surface area contributed by atoms with Gasteiger partial charge in [-0.3, -0.25) is 5.10 Å². The van der Waals surface area contributed by atoms with E-state index in [1.807, 2.05) is 5.10 Å². The highest BCUT2D eigenvalue weighted by Crippen LogP contribution is 2.34. The molecule has 7 heteroatoms. The molecule has 0 radical (unpaired) electrons. The van der Waals surface area contributed by atoms with Gasteiger partial charge in [0, 0.05) is 17.0 Å². The van der Waals surface area contributed by atoms with Gasteiger partial charge < -0.3 is 0 Å². The monoisotopic (exact) mass is 294 g/mol. The fourth-order valence-electron chi connectivity index (χ4n) is 1.59. The Bertz CT molecular complexity index is 564. The van der Waals surface area contributed by atoms with Crippen LogP contribution in [0, 0.1) is 0 Å². The van der Waals surface area contributed by atoms with E-state index in [1.165, 1.54) is 0 Å². The average Bonchev–Trinajstić information content (AvgIpc) is 2.60. The second-order valence-corrected chi connectivity index (χ2v) is 4.47. The van der Waals surface area contributed by atoms with Gasteiger partial charge in [-0.2, -0.15) is 18.3 Å². The maximum atomic E-state index is 12.7. The van der Waals surface area contributed by atoms with Crippen LogP contribution in [0.15, 0.2) is 24.3 Å². The molecule has 0 bridgehead atoms. The fourth-order valence-corrected chi connectivity index (χ4v) is 2.01. The summed E-state index contributed by atoms with van der Waals surface area (Å²) < 4.78 is 38.1. The first kappa shape index (κ1) is 13.2. The standard InChI is InChI=1S/C11H7Cl2F3N2/c12-7-3-1-2-6(4-7)5-8-9(11(14,15)16)17-18-10(8)13/h1-4H,5H2,(H,17,18). The maximum Gasteiger partial charge on any atom is 0.433 e. The van der Waals surface area contributed by atoms with Crippen LogP contribution in [0.4, 0.5) is 13.2 Å². The maximum absolute atomic E-state index is 12.7. The summed E-state index contributed by atoms with van der Waals surface area (Å²) >= 11 is 11.4. The molecule has 0 aliphatic heterocycles. The number of aromatic nitrogens is 2. The summed E-state index contributed by atoms with van der Waals surface area (Å²) in [4.78, 5) is 0. The van der Waals surface area contributed by atoms with Crippen molar-refractivity contribution in [1.82, 2.24) is 10.2 Å². The molecule has 0 amide bonds. The van der Waals surface area contributed by atoms with Crippen LogP contribution in [-0.4, -0.2) is 10.2 Å². The zero-order valence-electron chi connectivity index (χ0n) is 8.85. The summed E-state index contributed by atoms with van der Waals surface area (Å²) in [7, 11) is 0. The van der Waals surface area contributed by atoms with Crippen LogP contribution in [0.25, 0.3) is 0 Å². The Morgan fingerprint density at radius 2 is 1.94 bits per heavy atom. The normalized spacial score (nSPS) is 11.8. The van der Waals surface area contributed by atoms with Gasteiger partial charge in [0.2, 0.25) is 0 Å². The molecule has 96 valence electrons. The summed E-state index contributed by atoms with van der Waals surface area (Å²) in [6.07, 6.45) is -4.49. The molecule has 2 rings (SSSR count). The van der Waals surface area contributed by atoms with E-state index in [1.54, 1.807) is 24.3 Å². The van der Waals surface area contributed by atoms with Crippen LogP contribution in [0.3, 0.4) is 0 Å². The predicted molar refractivity (Wildman–Crippen MR) is 62.9 cm³/mol. The lowest BCUT2D eigenvalue weighted by atomic mass is 10.1. The van der Waals surface area contributed by atoms with Crippen molar-refractivity contribution in [2.24, 2.45) is 0 Å². The number of halogens is 5. The minimum atomic E-state index is -4.51. The summed E-state index contributed by atoms with van der Waals surface area (Å²) in [5.41, 5.74) is -0.366. The number of benzene rings is 1. The van der Waals surface area contributed by atoms with E-state index in [0.29, 0.717) is 10.6 Å². The van der Waals surface area contributed by atoms with Crippen LogP contribution in [0.2, 0.25) is 10.2 Å². The molecule has 1 aromatic heterocycles. The minimum Gasteiger partial charge on any atom is -0.272 e. The van der Waals surface area contributed by atoms with Crippen molar-refractivity contribution in [3.8, 4) is 0 Å². The van der Waals surface area contributed by atoms with E-state index >= 15 is 0 Å². The third kappa shape index (κ3) is 2.79. The first-order chi connectivity index (χ1) is 8.38. The van der Waals surface area contributed by atoms with Gasteiger partial charge in [0.25, 0.3) is 0 Å². The lowest BCUT2D eigenvalue weighted by Crippen LogP contribution is -2.09. The van der Waals surface area contributed by atoms with Crippen LogP contribution in [0.5, 0.6) is 0 Å². The third-order valence-corrected chi connectivity index (χ3v) is 2.92. The minimum absolute atomic E-state index is 0.0186. The number of nitrogens with one attached hydrogen (secondary N) is 1. The zero-order chi connectivity index (χ0) is 13.3. The summed E-state index contributed by atoms with van der Waals surface area (Å²) in [5.74, 6) is 0. The Morgan fingerprint density at radius 3 is 2.56 bits per heavy atom. The Kier molecular flexibility index (Phi) is 3.54. The Morgan fingerprint density at radius 1 is 1.22 bits per heavy atom. The largest absolute Gasteiger partial charge is 0.433 e. The van der Waals surface area contributed by atoms with Crippen molar-refractivity contribution in [3.05, 3.63) is 51.3 Å². The van der Waals surface area contributed by atoms with Gasteiger partial charge in [0.15, 0.2) is 5.15 Å². The molecule has 1 aromatic carbocycles. The highest BCUT2D eigenvalue weighted by atomic mass is 35.5. The van der Waals surface area contributed by atoms with Gasteiger partial charge in [-0.1, -0.05) is 35.3 Å². The summed E-state index contributed by atoms with van der Waals surface area (Å²) in [6.45, 7) is 0. The Labute approximate surface area is 111 Å². The number of aromatic amines is 1. The predicted octanol–water partition coefficient (Wildman–Crippen LogP) is 4.33. The highest BCUT2D eigenvalue weighted by Gasteiger charge is 2.36. The molecular weight excluding hydrogens is 288 g/mol. The van der Waals surface area contributed by atoms with E-state index in [9.17, 15) is 13.2 Å².